The minimum atomic E-state index is -5.65. The molecule has 2 saturated heterocycles. The van der Waals surface area contributed by atoms with Crippen molar-refractivity contribution in [2.24, 2.45) is 5.92 Å². The standard InChI is InChI=1S/C27H18F6N2O7/c1-14-6-5-7-15(12-14)13-24(41-22(39)26(28,29)30)18-17(36)10-11-34(24)35-19(18)20(37)25(21(35)38,16-8-3-2-4-9-16)42-23(40)27(31,32)33/h2-12,18-19H,13H2,1H3. The largest absolute Gasteiger partial charge is 0.491 e. The molecule has 3 aliphatic rings. The Hall–Kier alpha value is -4.69. The normalized spacial score (nSPS) is 26.9. The number of halogens is 6. The first-order valence-corrected chi connectivity index (χ1v) is 12.1. The summed E-state index contributed by atoms with van der Waals surface area (Å²) in [4.78, 5) is 65.6. The SMILES string of the molecule is Cc1cccc(CC2(OC(=O)C(F)(F)F)C3C(=O)C=CN2N2C(=O)C(OC(=O)C(F)(F)F)(c4ccccc4)C(=O)C32)c1. The molecule has 0 radical (unpaired) electrons. The molecule has 3 heterocycles. The number of amides is 1. The van der Waals surface area contributed by atoms with E-state index in [1.54, 1.807) is 13.0 Å². The Bertz CT molecular complexity index is 1540. The molecule has 5 rings (SSSR count). The Kier molecular flexibility index (Phi) is 6.47. The number of hydrogen-bond acceptors (Lipinski definition) is 8. The highest BCUT2D eigenvalue weighted by Gasteiger charge is 2.78. The van der Waals surface area contributed by atoms with Crippen LogP contribution in [0.3, 0.4) is 0 Å². The lowest BCUT2D eigenvalue weighted by Gasteiger charge is -2.44. The minimum absolute atomic E-state index is 0.238. The molecule has 2 aromatic carbocycles. The van der Waals surface area contributed by atoms with Gasteiger partial charge < -0.3 is 9.47 Å². The van der Waals surface area contributed by atoms with E-state index in [0.29, 0.717) is 15.6 Å². The van der Waals surface area contributed by atoms with Gasteiger partial charge in [-0.25, -0.2) is 19.6 Å². The molecule has 15 heteroatoms. The molecule has 9 nitrogen and oxygen atoms in total. The van der Waals surface area contributed by atoms with Crippen LogP contribution in [-0.4, -0.2) is 63.5 Å². The van der Waals surface area contributed by atoms with Crippen LogP contribution in [0.25, 0.3) is 0 Å². The van der Waals surface area contributed by atoms with Crippen molar-refractivity contribution in [2.45, 2.75) is 43.1 Å². The summed E-state index contributed by atoms with van der Waals surface area (Å²) >= 11 is 0. The van der Waals surface area contributed by atoms with E-state index in [1.807, 2.05) is 0 Å². The molecular weight excluding hydrogens is 578 g/mol. The molecule has 3 aliphatic heterocycles. The van der Waals surface area contributed by atoms with E-state index in [9.17, 15) is 50.3 Å². The molecule has 2 fully saturated rings. The first kappa shape index (κ1) is 28.8. The summed E-state index contributed by atoms with van der Waals surface area (Å²) in [6.45, 7) is 1.65. The third-order valence-electron chi connectivity index (χ3n) is 7.19. The smallest absolute Gasteiger partial charge is 0.429 e. The molecular formula is C27H18F6N2O7. The third kappa shape index (κ3) is 4.21. The molecule has 0 aromatic heterocycles. The summed E-state index contributed by atoms with van der Waals surface area (Å²) in [5, 5.41) is 1.03. The van der Waals surface area contributed by atoms with E-state index in [-0.39, 0.29) is 5.56 Å². The van der Waals surface area contributed by atoms with Gasteiger partial charge in [-0.15, -0.1) is 0 Å². The van der Waals surface area contributed by atoms with Crippen molar-refractivity contribution in [3.8, 4) is 0 Å². The molecule has 220 valence electrons. The van der Waals surface area contributed by atoms with E-state index in [1.165, 1.54) is 36.4 Å². The van der Waals surface area contributed by atoms with Gasteiger partial charge in [0.1, 0.15) is 12.0 Å². The molecule has 0 spiro atoms. The van der Waals surface area contributed by atoms with Gasteiger partial charge in [0.25, 0.3) is 11.5 Å². The van der Waals surface area contributed by atoms with Crippen molar-refractivity contribution >= 4 is 29.4 Å². The van der Waals surface area contributed by atoms with Crippen molar-refractivity contribution in [1.82, 2.24) is 10.0 Å². The van der Waals surface area contributed by atoms with Crippen molar-refractivity contribution in [2.75, 3.05) is 0 Å². The number of fused-ring (bicyclic) bond motifs is 5. The van der Waals surface area contributed by atoms with E-state index in [2.05, 4.69) is 4.74 Å². The Morgan fingerprint density at radius 2 is 1.50 bits per heavy atom. The summed E-state index contributed by atoms with van der Waals surface area (Å²) in [5.74, 6) is -11.9. The van der Waals surface area contributed by atoms with Crippen LogP contribution in [0.1, 0.15) is 16.7 Å². The van der Waals surface area contributed by atoms with Crippen LogP contribution in [0, 0.1) is 12.8 Å². The summed E-state index contributed by atoms with van der Waals surface area (Å²) in [5.41, 5.74) is -5.55. The number of hydrogen-bond donors (Lipinski definition) is 0. The lowest BCUT2D eigenvalue weighted by Crippen LogP contribution is -2.61. The Labute approximate surface area is 232 Å². The van der Waals surface area contributed by atoms with Gasteiger partial charge >= 0.3 is 24.3 Å². The molecule has 2 aromatic rings. The molecule has 0 saturated carbocycles. The van der Waals surface area contributed by atoms with E-state index in [0.717, 1.165) is 24.4 Å². The number of carbonyl (C=O) groups excluding carboxylic acids is 5. The summed E-state index contributed by atoms with van der Waals surface area (Å²) < 4.78 is 90.0. The molecule has 1 amide bonds. The average Bonchev–Trinajstić information content (AvgIpc) is 3.20. The van der Waals surface area contributed by atoms with Gasteiger partial charge in [0.05, 0.1) is 0 Å². The number of benzene rings is 2. The second kappa shape index (κ2) is 9.42. The maximum Gasteiger partial charge on any atom is 0.491 e. The predicted molar refractivity (Wildman–Crippen MR) is 125 cm³/mol. The predicted octanol–water partition coefficient (Wildman–Crippen LogP) is 3.06. The fourth-order valence-corrected chi connectivity index (χ4v) is 5.59. The number of alkyl halides is 6. The quantitative estimate of drug-likeness (QED) is 0.295. The van der Waals surface area contributed by atoms with E-state index >= 15 is 0 Å². The number of hydrazine groups is 1. The first-order chi connectivity index (χ1) is 19.5. The van der Waals surface area contributed by atoms with Crippen molar-refractivity contribution < 1.29 is 59.8 Å². The fraction of sp³-hybridized carbons (Fsp3) is 0.296. The van der Waals surface area contributed by atoms with Gasteiger partial charge in [-0.2, -0.15) is 26.3 Å². The zero-order chi connectivity index (χ0) is 30.8. The molecule has 2 bridgehead atoms. The van der Waals surface area contributed by atoms with Crippen molar-refractivity contribution in [3.63, 3.8) is 0 Å². The maximum absolute atomic E-state index is 14.1. The molecule has 0 N–H and O–H groups in total. The highest BCUT2D eigenvalue weighted by atomic mass is 19.4. The van der Waals surface area contributed by atoms with Gasteiger partial charge in [0.15, 0.2) is 5.78 Å². The monoisotopic (exact) mass is 596 g/mol. The Balaban J connectivity index is 1.70. The number of nitrogens with zero attached hydrogens (tertiary/aromatic N) is 2. The zero-order valence-corrected chi connectivity index (χ0v) is 21.2. The third-order valence-corrected chi connectivity index (χ3v) is 7.19. The van der Waals surface area contributed by atoms with Gasteiger partial charge in [-0.05, 0) is 18.6 Å². The van der Waals surface area contributed by atoms with Crippen molar-refractivity contribution in [1.29, 1.82) is 0 Å². The second-order valence-corrected chi connectivity index (χ2v) is 9.83. The maximum atomic E-state index is 14.1. The van der Waals surface area contributed by atoms with Gasteiger partial charge in [-0.3, -0.25) is 14.4 Å². The van der Waals surface area contributed by atoms with Crippen LogP contribution in [0.4, 0.5) is 26.3 Å². The fourth-order valence-electron chi connectivity index (χ4n) is 5.59. The number of aryl methyl sites for hydroxylation is 1. The number of allylic oxidation sites excluding steroid dienone is 1. The van der Waals surface area contributed by atoms with Crippen molar-refractivity contribution in [3.05, 3.63) is 83.6 Å². The van der Waals surface area contributed by atoms with Crippen LogP contribution < -0.4 is 0 Å². The number of esters is 2. The summed E-state index contributed by atoms with van der Waals surface area (Å²) in [6, 6.07) is 9.93. The highest BCUT2D eigenvalue weighted by molar-refractivity contribution is 6.21. The van der Waals surface area contributed by atoms with Crippen LogP contribution in [0.15, 0.2) is 66.9 Å². The van der Waals surface area contributed by atoms with Gasteiger partial charge in [-0.1, -0.05) is 60.2 Å². The molecule has 4 unspecified atom stereocenters. The average molecular weight is 596 g/mol. The number of ether oxygens (including phenoxy) is 2. The van der Waals surface area contributed by atoms with E-state index in [4.69, 9.17) is 4.74 Å². The lowest BCUT2D eigenvalue weighted by atomic mass is 9.76. The highest BCUT2D eigenvalue weighted by Crippen LogP contribution is 2.54. The van der Waals surface area contributed by atoms with Crippen LogP contribution >= 0.6 is 0 Å². The van der Waals surface area contributed by atoms with Gasteiger partial charge in [0.2, 0.25) is 11.5 Å². The van der Waals surface area contributed by atoms with Crippen LogP contribution in [0.2, 0.25) is 0 Å². The second-order valence-electron chi connectivity index (χ2n) is 9.83. The molecule has 42 heavy (non-hydrogen) atoms. The minimum Gasteiger partial charge on any atom is -0.429 e. The van der Waals surface area contributed by atoms with Gasteiger partial charge in [0, 0.05) is 18.2 Å². The number of Topliss-reactive ketones (excluding diaryl/α,β-unsaturated/α-hetero) is 1. The first-order valence-electron chi connectivity index (χ1n) is 12.1. The summed E-state index contributed by atoms with van der Waals surface area (Å²) in [6.07, 6.45) is -10.3. The lowest BCUT2D eigenvalue weighted by molar-refractivity contribution is -0.241. The molecule has 0 aliphatic carbocycles. The molecule has 4 atom stereocenters. The Morgan fingerprint density at radius 3 is 2.10 bits per heavy atom. The summed E-state index contributed by atoms with van der Waals surface area (Å²) in [7, 11) is 0. The van der Waals surface area contributed by atoms with Crippen LogP contribution in [0.5, 0.6) is 0 Å². The zero-order valence-electron chi connectivity index (χ0n) is 21.2. The topological polar surface area (TPSA) is 110 Å². The van der Waals surface area contributed by atoms with Crippen LogP contribution in [-0.2, 0) is 45.5 Å². The Morgan fingerprint density at radius 1 is 0.881 bits per heavy atom. The number of carbonyl (C=O) groups is 5. The van der Waals surface area contributed by atoms with E-state index < -0.39 is 77.0 Å². The number of ketones is 2. The number of rotatable bonds is 5.